The molecule has 1 aromatic rings. The highest BCUT2D eigenvalue weighted by Gasteiger charge is 2.51. The van der Waals surface area contributed by atoms with Crippen molar-refractivity contribution >= 4 is 40.7 Å². The fraction of sp³-hybridized carbons (Fsp3) is 0.692. The molecule has 35 heavy (non-hydrogen) atoms. The standard InChI is InChI=1S/C26H36Cl2N4O3/c1-29(18-2-3-18)25(35)22(6-11-30-13-10-26(8-9-26)23(33)17-30)32-15-14-31(12-7-24(32)34)19-4-5-20(27)21(28)16-19/h4-5,16,18,22-23,33H,2-3,6-15,17H2,1H3/t22?,23-/m1/s1. The molecule has 1 spiro atoms. The van der Waals surface area contributed by atoms with E-state index in [2.05, 4.69) is 9.80 Å². The predicted molar refractivity (Wildman–Crippen MR) is 138 cm³/mol. The highest BCUT2D eigenvalue weighted by atomic mass is 35.5. The number of nitrogens with zero attached hydrogens (tertiary/aromatic N) is 4. The van der Waals surface area contributed by atoms with E-state index in [9.17, 15) is 14.7 Å². The van der Waals surface area contributed by atoms with E-state index < -0.39 is 6.04 Å². The third kappa shape index (κ3) is 5.43. The zero-order valence-electron chi connectivity index (χ0n) is 20.5. The highest BCUT2D eigenvalue weighted by Crippen LogP contribution is 2.53. The molecule has 192 valence electrons. The van der Waals surface area contributed by atoms with E-state index in [1.54, 1.807) is 6.07 Å². The van der Waals surface area contributed by atoms with Crippen LogP contribution in [0.2, 0.25) is 10.0 Å². The van der Waals surface area contributed by atoms with Gasteiger partial charge in [-0.1, -0.05) is 23.2 Å². The summed E-state index contributed by atoms with van der Waals surface area (Å²) in [6, 6.07) is 5.36. The number of anilines is 1. The molecule has 4 fully saturated rings. The van der Waals surface area contributed by atoms with Gasteiger partial charge in [0.2, 0.25) is 11.8 Å². The monoisotopic (exact) mass is 522 g/mol. The lowest BCUT2D eigenvalue weighted by molar-refractivity contribution is -0.145. The number of rotatable bonds is 7. The van der Waals surface area contributed by atoms with Crippen molar-refractivity contribution < 1.29 is 14.7 Å². The van der Waals surface area contributed by atoms with Crippen molar-refractivity contribution in [3.8, 4) is 0 Å². The smallest absolute Gasteiger partial charge is 0.245 e. The van der Waals surface area contributed by atoms with Crippen LogP contribution in [0.4, 0.5) is 5.69 Å². The molecule has 4 aliphatic rings. The number of halogens is 2. The SMILES string of the molecule is CN(C(=O)C(CCN1CCC2(CC2)[C@H](O)C1)N1CCN(c2ccc(Cl)c(Cl)c2)CCC1=O)C1CC1. The van der Waals surface area contributed by atoms with Crippen LogP contribution in [0.15, 0.2) is 18.2 Å². The number of β-amino-alcohol motifs (C(OH)–C–C–N with tert-alkyl or cyclic N) is 1. The van der Waals surface area contributed by atoms with E-state index in [1.807, 2.05) is 29.0 Å². The molecule has 2 saturated heterocycles. The quantitative estimate of drug-likeness (QED) is 0.595. The van der Waals surface area contributed by atoms with E-state index in [0.717, 1.165) is 44.3 Å². The number of hydrogen-bond acceptors (Lipinski definition) is 5. The van der Waals surface area contributed by atoms with Gasteiger partial charge in [0.1, 0.15) is 6.04 Å². The highest BCUT2D eigenvalue weighted by molar-refractivity contribution is 6.42. The first-order chi connectivity index (χ1) is 16.8. The van der Waals surface area contributed by atoms with Gasteiger partial charge < -0.3 is 24.7 Å². The Balaban J connectivity index is 1.28. The van der Waals surface area contributed by atoms with Crippen LogP contribution in [-0.4, -0.2) is 96.1 Å². The van der Waals surface area contributed by atoms with E-state index in [4.69, 9.17) is 23.2 Å². The number of carbonyl (C=O) groups is 2. The Morgan fingerprint density at radius 1 is 1.14 bits per heavy atom. The second kappa shape index (κ2) is 10.1. The minimum Gasteiger partial charge on any atom is -0.391 e. The summed E-state index contributed by atoms with van der Waals surface area (Å²) in [6.45, 7) is 4.02. The number of benzene rings is 1. The van der Waals surface area contributed by atoms with Gasteiger partial charge in [0.05, 0.1) is 16.1 Å². The van der Waals surface area contributed by atoms with Crippen LogP contribution in [0.3, 0.4) is 0 Å². The molecule has 2 atom stereocenters. The molecule has 5 rings (SSSR count). The molecular weight excluding hydrogens is 487 g/mol. The van der Waals surface area contributed by atoms with E-state index in [1.165, 1.54) is 0 Å². The van der Waals surface area contributed by atoms with Gasteiger partial charge in [-0.25, -0.2) is 0 Å². The number of piperidine rings is 1. The van der Waals surface area contributed by atoms with Crippen molar-refractivity contribution in [1.29, 1.82) is 0 Å². The molecule has 2 saturated carbocycles. The molecule has 2 heterocycles. The maximum Gasteiger partial charge on any atom is 0.245 e. The van der Waals surface area contributed by atoms with Crippen LogP contribution in [-0.2, 0) is 9.59 Å². The van der Waals surface area contributed by atoms with Crippen LogP contribution in [0.1, 0.15) is 44.9 Å². The molecule has 2 amide bonds. The Morgan fingerprint density at radius 2 is 1.91 bits per heavy atom. The summed E-state index contributed by atoms with van der Waals surface area (Å²) in [5.74, 6) is 0.0609. The zero-order chi connectivity index (χ0) is 24.7. The third-order valence-corrected chi connectivity index (χ3v) is 9.31. The van der Waals surface area contributed by atoms with Crippen LogP contribution in [0, 0.1) is 5.41 Å². The Labute approximate surface area is 217 Å². The largest absolute Gasteiger partial charge is 0.391 e. The van der Waals surface area contributed by atoms with Crippen molar-refractivity contribution in [2.75, 3.05) is 51.2 Å². The third-order valence-electron chi connectivity index (χ3n) is 8.57. The Kier molecular flexibility index (Phi) is 7.23. The van der Waals surface area contributed by atoms with Gasteiger partial charge >= 0.3 is 0 Å². The molecule has 2 aliphatic heterocycles. The number of hydrogen-bond donors (Lipinski definition) is 1. The van der Waals surface area contributed by atoms with Gasteiger partial charge in [0.25, 0.3) is 0 Å². The first-order valence-electron chi connectivity index (χ1n) is 12.9. The van der Waals surface area contributed by atoms with Gasteiger partial charge in [-0.05, 0) is 68.7 Å². The van der Waals surface area contributed by atoms with Gasteiger partial charge in [-0.15, -0.1) is 0 Å². The fourth-order valence-corrected chi connectivity index (χ4v) is 6.02. The minimum atomic E-state index is -0.476. The number of likely N-dealkylation sites (N-methyl/N-ethyl adjacent to an activating group) is 1. The Morgan fingerprint density at radius 3 is 2.57 bits per heavy atom. The second-order valence-electron chi connectivity index (χ2n) is 10.8. The minimum absolute atomic E-state index is 0.0192. The van der Waals surface area contributed by atoms with Gasteiger partial charge in [0.15, 0.2) is 0 Å². The number of likely N-dealkylation sites (tertiary alicyclic amines) is 1. The van der Waals surface area contributed by atoms with E-state index >= 15 is 0 Å². The average Bonchev–Trinajstić information content (AvgIpc) is 3.75. The Bertz CT molecular complexity index is 968. The molecule has 1 N–H and O–H groups in total. The van der Waals surface area contributed by atoms with Gasteiger partial charge in [0, 0.05) is 57.9 Å². The van der Waals surface area contributed by atoms with Crippen LogP contribution in [0.25, 0.3) is 0 Å². The maximum atomic E-state index is 13.6. The first kappa shape index (κ1) is 25.1. The van der Waals surface area contributed by atoms with E-state index in [-0.39, 0.29) is 23.3 Å². The summed E-state index contributed by atoms with van der Waals surface area (Å²) in [5, 5.41) is 11.6. The summed E-state index contributed by atoms with van der Waals surface area (Å²) in [7, 11) is 1.87. The maximum absolute atomic E-state index is 13.6. The topological polar surface area (TPSA) is 67.3 Å². The molecule has 0 bridgehead atoms. The number of aliphatic hydroxyl groups excluding tert-OH is 1. The van der Waals surface area contributed by atoms with Crippen LogP contribution in [0.5, 0.6) is 0 Å². The molecule has 7 nitrogen and oxygen atoms in total. The summed E-state index contributed by atoms with van der Waals surface area (Å²) < 4.78 is 0. The molecule has 0 radical (unpaired) electrons. The molecule has 0 aromatic heterocycles. The summed E-state index contributed by atoms with van der Waals surface area (Å²) in [5.41, 5.74) is 1.09. The number of aliphatic hydroxyl groups is 1. The van der Waals surface area contributed by atoms with Crippen molar-refractivity contribution in [1.82, 2.24) is 14.7 Å². The lowest BCUT2D eigenvalue weighted by atomic mass is 9.90. The number of amides is 2. The fourth-order valence-electron chi connectivity index (χ4n) is 5.73. The Hall–Kier alpha value is -1.54. The molecule has 2 aliphatic carbocycles. The second-order valence-corrected chi connectivity index (χ2v) is 11.7. The summed E-state index contributed by atoms with van der Waals surface area (Å²) in [6.07, 6.45) is 6.02. The molecule has 1 aromatic carbocycles. The van der Waals surface area contributed by atoms with Gasteiger partial charge in [-0.3, -0.25) is 9.59 Å². The predicted octanol–water partition coefficient (Wildman–Crippen LogP) is 3.26. The van der Waals surface area contributed by atoms with Crippen molar-refractivity contribution in [3.05, 3.63) is 28.2 Å². The lowest BCUT2D eigenvalue weighted by Crippen LogP contribution is -2.53. The summed E-state index contributed by atoms with van der Waals surface area (Å²) >= 11 is 12.3. The van der Waals surface area contributed by atoms with E-state index in [0.29, 0.717) is 61.7 Å². The van der Waals surface area contributed by atoms with Crippen molar-refractivity contribution in [2.24, 2.45) is 5.41 Å². The van der Waals surface area contributed by atoms with Crippen molar-refractivity contribution in [3.63, 3.8) is 0 Å². The van der Waals surface area contributed by atoms with Crippen LogP contribution >= 0.6 is 23.2 Å². The molecule has 9 heteroatoms. The van der Waals surface area contributed by atoms with Crippen LogP contribution < -0.4 is 4.90 Å². The van der Waals surface area contributed by atoms with Crippen molar-refractivity contribution in [2.45, 2.75) is 63.1 Å². The lowest BCUT2D eigenvalue weighted by Gasteiger charge is -2.38. The normalized spacial score (nSPS) is 25.5. The van der Waals surface area contributed by atoms with Gasteiger partial charge in [-0.2, -0.15) is 0 Å². The number of carbonyl (C=O) groups excluding carboxylic acids is 2. The molecule has 1 unspecified atom stereocenters. The zero-order valence-corrected chi connectivity index (χ0v) is 22.0. The molecular formula is C26H36Cl2N4O3. The average molecular weight is 524 g/mol. The summed E-state index contributed by atoms with van der Waals surface area (Å²) in [4.78, 5) is 34.9. The first-order valence-corrected chi connectivity index (χ1v) is 13.7.